The Morgan fingerprint density at radius 3 is 2.43 bits per heavy atom. The lowest BCUT2D eigenvalue weighted by atomic mass is 9.84. The van der Waals surface area contributed by atoms with Crippen molar-refractivity contribution >= 4 is 17.9 Å². The zero-order chi connectivity index (χ0) is 25.9. The number of nitrogens with one attached hydrogen (secondary N) is 1. The lowest BCUT2D eigenvalue weighted by molar-refractivity contribution is -0.128. The molecule has 37 heavy (non-hydrogen) atoms. The monoisotopic (exact) mass is 502 g/mol. The van der Waals surface area contributed by atoms with Gasteiger partial charge in [0, 0.05) is 31.6 Å². The molecule has 0 aromatic heterocycles. The van der Waals surface area contributed by atoms with Crippen molar-refractivity contribution < 1.29 is 23.8 Å². The Morgan fingerprint density at radius 1 is 1.05 bits per heavy atom. The average Bonchev–Trinajstić information content (AvgIpc) is 3.34. The maximum atomic E-state index is 13.6. The van der Waals surface area contributed by atoms with Gasteiger partial charge in [0.1, 0.15) is 12.4 Å². The first-order chi connectivity index (χ1) is 18.2. The van der Waals surface area contributed by atoms with Gasteiger partial charge in [-0.2, -0.15) is 0 Å². The predicted octanol–water partition coefficient (Wildman–Crippen LogP) is 4.89. The molecule has 192 valence electrons. The van der Waals surface area contributed by atoms with Crippen LogP contribution in [0.15, 0.2) is 96.0 Å². The molecule has 0 unspecified atom stereocenters. The van der Waals surface area contributed by atoms with Gasteiger partial charge in [-0.25, -0.2) is 9.38 Å². The van der Waals surface area contributed by atoms with E-state index in [-0.39, 0.29) is 19.6 Å². The molecule has 0 saturated carbocycles. The lowest BCUT2D eigenvalue weighted by Crippen LogP contribution is -2.48. The summed E-state index contributed by atoms with van der Waals surface area (Å²) in [6, 6.07) is 26.5. The summed E-state index contributed by atoms with van der Waals surface area (Å²) in [5.74, 6) is 0.600. The van der Waals surface area contributed by atoms with Crippen LogP contribution in [0.3, 0.4) is 0 Å². The maximum Gasteiger partial charge on any atom is 0.252 e. The quantitative estimate of drug-likeness (QED) is 0.346. The minimum Gasteiger partial charge on any atom is -0.494 e. The van der Waals surface area contributed by atoms with E-state index in [2.05, 4.69) is 5.32 Å². The molecular weight excluding hydrogens is 471 g/mol. The molecule has 0 bridgehead atoms. The molecule has 0 spiro atoms. The molecule has 4 rings (SSSR count). The molecule has 0 saturated heterocycles. The Labute approximate surface area is 216 Å². The molecule has 3 aromatic rings. The maximum absolute atomic E-state index is 13.6. The number of aliphatic imine (C=N–C) groups is 1. The van der Waals surface area contributed by atoms with Gasteiger partial charge in [-0.05, 0) is 35.4 Å². The number of hydrogen-bond donors (Lipinski definition) is 2. The van der Waals surface area contributed by atoms with Crippen LogP contribution in [-0.2, 0) is 9.53 Å². The van der Waals surface area contributed by atoms with Crippen LogP contribution < -0.4 is 10.1 Å². The van der Waals surface area contributed by atoms with Crippen molar-refractivity contribution in [3.63, 3.8) is 0 Å². The summed E-state index contributed by atoms with van der Waals surface area (Å²) in [6.07, 6.45) is 3.95. The van der Waals surface area contributed by atoms with Gasteiger partial charge < -0.3 is 19.9 Å². The lowest BCUT2D eigenvalue weighted by Gasteiger charge is -2.29. The standard InChI is InChI=1S/C30H31FN2O4/c31-19-20-32-29(35)30(18-7-11-23-9-3-1-4-10-23)27(24-12-5-2-6-13-24)37-28(33-30)25-14-16-26(17-15-25)36-22-8-21-34/h1-7,9-17,27,34H,8,18-22H2,(H,32,35)/b11-7+/t27-,30-/m1/s1. The van der Waals surface area contributed by atoms with Crippen LogP contribution in [0.4, 0.5) is 4.39 Å². The highest BCUT2D eigenvalue weighted by molar-refractivity contribution is 6.01. The molecule has 3 aromatic carbocycles. The van der Waals surface area contributed by atoms with E-state index in [1.54, 1.807) is 12.1 Å². The van der Waals surface area contributed by atoms with Crippen LogP contribution in [0.25, 0.3) is 6.08 Å². The number of halogens is 1. The number of carbonyl (C=O) groups is 1. The first kappa shape index (κ1) is 26.1. The number of amides is 1. The number of benzene rings is 3. The molecule has 1 aliphatic rings. The number of rotatable bonds is 12. The van der Waals surface area contributed by atoms with Gasteiger partial charge in [0.05, 0.1) is 6.61 Å². The molecule has 0 aliphatic carbocycles. The van der Waals surface area contributed by atoms with Crippen molar-refractivity contribution in [2.45, 2.75) is 24.5 Å². The van der Waals surface area contributed by atoms with Gasteiger partial charge in [-0.15, -0.1) is 0 Å². The van der Waals surface area contributed by atoms with E-state index in [0.29, 0.717) is 30.2 Å². The third-order valence-electron chi connectivity index (χ3n) is 6.05. The van der Waals surface area contributed by atoms with Gasteiger partial charge in [0.25, 0.3) is 5.91 Å². The fraction of sp³-hybridized carbons (Fsp3) is 0.267. The third-order valence-corrected chi connectivity index (χ3v) is 6.05. The van der Waals surface area contributed by atoms with Crippen LogP contribution in [0, 0.1) is 0 Å². The van der Waals surface area contributed by atoms with Crippen LogP contribution in [0.1, 0.15) is 35.6 Å². The number of aliphatic hydroxyl groups is 1. The summed E-state index contributed by atoms with van der Waals surface area (Å²) >= 11 is 0. The first-order valence-electron chi connectivity index (χ1n) is 12.4. The minimum atomic E-state index is -1.33. The van der Waals surface area contributed by atoms with Gasteiger partial charge in [0.15, 0.2) is 11.6 Å². The second-order valence-corrected chi connectivity index (χ2v) is 8.66. The number of alkyl halides is 1. The molecule has 1 aliphatic heterocycles. The molecule has 7 heteroatoms. The van der Waals surface area contributed by atoms with Crippen molar-refractivity contribution in [1.82, 2.24) is 5.32 Å². The van der Waals surface area contributed by atoms with E-state index in [0.717, 1.165) is 11.1 Å². The predicted molar refractivity (Wildman–Crippen MR) is 142 cm³/mol. The first-order valence-corrected chi connectivity index (χ1v) is 12.4. The van der Waals surface area contributed by atoms with E-state index < -0.39 is 24.2 Å². The topological polar surface area (TPSA) is 80.2 Å². The van der Waals surface area contributed by atoms with Crippen molar-refractivity contribution in [2.75, 3.05) is 26.4 Å². The Balaban J connectivity index is 1.70. The van der Waals surface area contributed by atoms with Gasteiger partial charge in [0.2, 0.25) is 5.90 Å². The number of hydrogen-bond acceptors (Lipinski definition) is 5. The van der Waals surface area contributed by atoms with Crippen molar-refractivity contribution in [2.24, 2.45) is 4.99 Å². The van der Waals surface area contributed by atoms with E-state index >= 15 is 0 Å². The van der Waals surface area contributed by atoms with E-state index in [1.165, 1.54) is 0 Å². The fourth-order valence-corrected chi connectivity index (χ4v) is 4.20. The molecule has 0 fully saturated rings. The van der Waals surface area contributed by atoms with Crippen molar-refractivity contribution in [3.05, 3.63) is 108 Å². The minimum absolute atomic E-state index is 0.0644. The summed E-state index contributed by atoms with van der Waals surface area (Å²) in [5, 5.41) is 11.7. The summed E-state index contributed by atoms with van der Waals surface area (Å²) in [5.41, 5.74) is 1.17. The Bertz CT molecular complexity index is 1200. The van der Waals surface area contributed by atoms with Gasteiger partial charge >= 0.3 is 0 Å². The van der Waals surface area contributed by atoms with E-state index in [9.17, 15) is 9.18 Å². The van der Waals surface area contributed by atoms with Crippen LogP contribution in [0.5, 0.6) is 5.75 Å². The number of aliphatic hydroxyl groups excluding tert-OH is 1. The summed E-state index contributed by atoms with van der Waals surface area (Å²) in [7, 11) is 0. The van der Waals surface area contributed by atoms with Crippen molar-refractivity contribution in [3.8, 4) is 5.75 Å². The third kappa shape index (κ3) is 6.43. The molecule has 1 amide bonds. The van der Waals surface area contributed by atoms with E-state index in [1.807, 2.05) is 84.9 Å². The molecule has 1 heterocycles. The Morgan fingerprint density at radius 2 is 1.76 bits per heavy atom. The van der Waals surface area contributed by atoms with Gasteiger partial charge in [-0.3, -0.25) is 4.79 Å². The normalized spacial score (nSPS) is 18.9. The summed E-state index contributed by atoms with van der Waals surface area (Å²) in [4.78, 5) is 18.5. The highest BCUT2D eigenvalue weighted by Gasteiger charge is 2.52. The smallest absolute Gasteiger partial charge is 0.252 e. The summed E-state index contributed by atoms with van der Waals surface area (Å²) < 4.78 is 25.0. The highest BCUT2D eigenvalue weighted by Crippen LogP contribution is 2.43. The van der Waals surface area contributed by atoms with E-state index in [4.69, 9.17) is 19.6 Å². The molecule has 2 atom stereocenters. The number of nitrogens with zero attached hydrogens (tertiary/aromatic N) is 1. The van der Waals surface area contributed by atoms with Crippen LogP contribution in [-0.4, -0.2) is 48.9 Å². The zero-order valence-electron chi connectivity index (χ0n) is 20.6. The summed E-state index contributed by atoms with van der Waals surface area (Å²) in [6.45, 7) is -0.300. The second-order valence-electron chi connectivity index (χ2n) is 8.66. The Hall–Kier alpha value is -3.97. The zero-order valence-corrected chi connectivity index (χ0v) is 20.6. The Kier molecular flexibility index (Phi) is 9.05. The molecule has 0 radical (unpaired) electrons. The molecule has 6 nitrogen and oxygen atoms in total. The van der Waals surface area contributed by atoms with Crippen molar-refractivity contribution in [1.29, 1.82) is 0 Å². The fourth-order valence-electron chi connectivity index (χ4n) is 4.20. The largest absolute Gasteiger partial charge is 0.494 e. The molecule has 2 N–H and O–H groups in total. The molecular formula is C30H31FN2O4. The van der Waals surface area contributed by atoms with Crippen LogP contribution in [0.2, 0.25) is 0 Å². The number of ether oxygens (including phenoxy) is 2. The van der Waals surface area contributed by atoms with Gasteiger partial charge in [-0.1, -0.05) is 72.8 Å². The van der Waals surface area contributed by atoms with Crippen LogP contribution >= 0.6 is 0 Å². The highest BCUT2D eigenvalue weighted by atomic mass is 19.1. The second kappa shape index (κ2) is 12.8. The average molecular weight is 503 g/mol. The SMILES string of the molecule is O=C(NCCF)[C@]1(C/C=C/c2ccccc2)N=C(c2ccc(OCCCO)cc2)O[C@@H]1c1ccccc1. The number of carbonyl (C=O) groups excluding carboxylic acids is 1.